The number of halogens is 1. The number of nitrogens with zero attached hydrogens (tertiary/aromatic N) is 2. The second-order valence-electron chi connectivity index (χ2n) is 7.55. The molecule has 1 fully saturated rings. The predicted molar refractivity (Wildman–Crippen MR) is 116 cm³/mol. The Morgan fingerprint density at radius 2 is 2.00 bits per heavy atom. The van der Waals surface area contributed by atoms with Crippen LogP contribution in [0.25, 0.3) is 22.3 Å². The minimum Gasteiger partial charge on any atom is -0.507 e. The number of phenols is 2. The molecule has 0 amide bonds. The van der Waals surface area contributed by atoms with Gasteiger partial charge in [-0.1, -0.05) is 15.9 Å². The van der Waals surface area contributed by atoms with Crippen LogP contribution in [-0.4, -0.2) is 51.4 Å². The number of aliphatic hydroxyl groups is 1. The van der Waals surface area contributed by atoms with Crippen molar-refractivity contribution >= 4 is 32.6 Å². The molecule has 10 heteroatoms. The maximum Gasteiger partial charge on any atom is 0.270 e. The van der Waals surface area contributed by atoms with Gasteiger partial charge in [-0.3, -0.25) is 14.9 Å². The summed E-state index contributed by atoms with van der Waals surface area (Å²) in [6, 6.07) is 6.01. The lowest BCUT2D eigenvalue weighted by Crippen LogP contribution is -2.32. The zero-order chi connectivity index (χ0) is 22.4. The number of nitro benzene ring substituents is 1. The summed E-state index contributed by atoms with van der Waals surface area (Å²) < 4.78 is 6.48. The summed E-state index contributed by atoms with van der Waals surface area (Å²) in [5.41, 5.74) is -0.143. The quantitative estimate of drug-likeness (QED) is 0.374. The Morgan fingerprint density at radius 3 is 2.68 bits per heavy atom. The predicted octanol–water partition coefficient (Wildman–Crippen LogP) is 3.32. The summed E-state index contributed by atoms with van der Waals surface area (Å²) in [5.74, 6) is -0.972. The number of rotatable bonds is 4. The van der Waals surface area contributed by atoms with Gasteiger partial charge in [0.15, 0.2) is 5.43 Å². The van der Waals surface area contributed by atoms with E-state index in [9.17, 15) is 30.2 Å². The summed E-state index contributed by atoms with van der Waals surface area (Å²) in [4.78, 5) is 25.5. The molecule has 0 radical (unpaired) electrons. The second-order valence-corrected chi connectivity index (χ2v) is 8.41. The van der Waals surface area contributed by atoms with Crippen molar-refractivity contribution in [1.82, 2.24) is 4.90 Å². The number of nitro groups is 1. The normalized spacial score (nSPS) is 19.2. The van der Waals surface area contributed by atoms with E-state index < -0.39 is 16.1 Å². The van der Waals surface area contributed by atoms with E-state index in [-0.39, 0.29) is 52.3 Å². The van der Waals surface area contributed by atoms with Crippen molar-refractivity contribution < 1.29 is 24.7 Å². The number of likely N-dealkylation sites (tertiary alicyclic amines) is 1. The SMILES string of the molecule is CN1CC[C@@H](c2c(O)cc(O)c3c(=O)cc(-c4cc([N+](=O)[O-])ccc4Br)oc23)[C@@H]1CO. The number of aromatic hydroxyl groups is 2. The first kappa shape index (κ1) is 21.3. The van der Waals surface area contributed by atoms with Crippen molar-refractivity contribution in [3.63, 3.8) is 0 Å². The minimum absolute atomic E-state index is 0.00263. The van der Waals surface area contributed by atoms with Gasteiger partial charge < -0.3 is 24.6 Å². The van der Waals surface area contributed by atoms with Gasteiger partial charge in [-0.05, 0) is 26.1 Å². The standard InChI is InChI=1S/C21H19BrN2O7/c1-23-5-4-11(14(23)9-25)19-15(26)7-16(27)20-17(28)8-18(31-21(19)20)12-6-10(24(29)30)2-3-13(12)22/h2-3,6-8,11,14,25-27H,4-5,9H2,1H3/t11-,14+/m1/s1. The molecule has 0 saturated carbocycles. The maximum atomic E-state index is 12.9. The van der Waals surface area contributed by atoms with E-state index in [0.717, 1.165) is 12.1 Å². The van der Waals surface area contributed by atoms with Crippen molar-refractivity contribution in [3.05, 3.63) is 60.7 Å². The number of hydrogen-bond donors (Lipinski definition) is 3. The third-order valence-electron chi connectivity index (χ3n) is 5.81. The van der Waals surface area contributed by atoms with Gasteiger partial charge in [0.25, 0.3) is 5.69 Å². The molecule has 2 aromatic carbocycles. The molecule has 3 N–H and O–H groups in total. The van der Waals surface area contributed by atoms with E-state index in [1.165, 1.54) is 18.2 Å². The lowest BCUT2D eigenvalue weighted by Gasteiger charge is -2.24. The van der Waals surface area contributed by atoms with Gasteiger partial charge in [-0.25, -0.2) is 0 Å². The molecule has 0 unspecified atom stereocenters. The highest BCUT2D eigenvalue weighted by Gasteiger charge is 2.36. The zero-order valence-electron chi connectivity index (χ0n) is 16.4. The Kier molecular flexibility index (Phi) is 5.46. The second kappa shape index (κ2) is 7.95. The van der Waals surface area contributed by atoms with E-state index >= 15 is 0 Å². The summed E-state index contributed by atoms with van der Waals surface area (Å²) in [7, 11) is 1.85. The first-order valence-corrected chi connectivity index (χ1v) is 10.3. The molecule has 2 atom stereocenters. The van der Waals surface area contributed by atoms with Crippen molar-refractivity contribution in [2.24, 2.45) is 0 Å². The van der Waals surface area contributed by atoms with Crippen LogP contribution in [0.5, 0.6) is 11.5 Å². The number of phenolic OH excluding ortho intramolecular Hbond substituents is 2. The number of aliphatic hydroxyl groups excluding tert-OH is 1. The molecule has 4 rings (SSSR count). The Morgan fingerprint density at radius 1 is 1.26 bits per heavy atom. The first-order chi connectivity index (χ1) is 14.7. The van der Waals surface area contributed by atoms with Crippen LogP contribution in [0.15, 0.2) is 44.0 Å². The Bertz CT molecular complexity index is 1260. The van der Waals surface area contributed by atoms with Crippen molar-refractivity contribution in [1.29, 1.82) is 0 Å². The highest BCUT2D eigenvalue weighted by molar-refractivity contribution is 9.10. The van der Waals surface area contributed by atoms with Crippen LogP contribution in [0.1, 0.15) is 17.9 Å². The van der Waals surface area contributed by atoms with Gasteiger partial charge in [0.05, 0.1) is 11.5 Å². The zero-order valence-corrected chi connectivity index (χ0v) is 18.0. The molecule has 31 heavy (non-hydrogen) atoms. The number of non-ortho nitro benzene ring substituents is 1. The monoisotopic (exact) mass is 490 g/mol. The van der Waals surface area contributed by atoms with Gasteiger partial charge in [-0.15, -0.1) is 0 Å². The lowest BCUT2D eigenvalue weighted by atomic mass is 9.89. The molecule has 0 spiro atoms. The molecule has 1 aliphatic rings. The molecule has 1 saturated heterocycles. The van der Waals surface area contributed by atoms with E-state index in [1.807, 2.05) is 11.9 Å². The van der Waals surface area contributed by atoms with Crippen molar-refractivity contribution in [2.45, 2.75) is 18.4 Å². The van der Waals surface area contributed by atoms with Gasteiger partial charge in [0, 0.05) is 51.8 Å². The molecule has 1 aromatic heterocycles. The van der Waals surface area contributed by atoms with Crippen LogP contribution in [-0.2, 0) is 0 Å². The molecule has 162 valence electrons. The molecule has 2 heterocycles. The first-order valence-electron chi connectivity index (χ1n) is 9.51. The van der Waals surface area contributed by atoms with E-state index in [2.05, 4.69) is 15.9 Å². The van der Waals surface area contributed by atoms with Crippen LogP contribution in [0.2, 0.25) is 0 Å². The smallest absolute Gasteiger partial charge is 0.270 e. The Hall–Kier alpha value is -2.95. The summed E-state index contributed by atoms with van der Waals surface area (Å²) in [6.07, 6.45) is 0.601. The lowest BCUT2D eigenvalue weighted by molar-refractivity contribution is -0.384. The Balaban J connectivity index is 2.02. The van der Waals surface area contributed by atoms with Gasteiger partial charge in [0.2, 0.25) is 0 Å². The molecule has 0 aliphatic carbocycles. The van der Waals surface area contributed by atoms with Crippen LogP contribution in [0, 0.1) is 10.1 Å². The minimum atomic E-state index is -0.557. The van der Waals surface area contributed by atoms with Crippen molar-refractivity contribution in [3.8, 4) is 22.8 Å². The van der Waals surface area contributed by atoms with E-state index in [0.29, 0.717) is 23.0 Å². The van der Waals surface area contributed by atoms with Crippen LogP contribution >= 0.6 is 15.9 Å². The summed E-state index contributed by atoms with van der Waals surface area (Å²) in [6.45, 7) is 0.501. The van der Waals surface area contributed by atoms with Crippen LogP contribution < -0.4 is 5.43 Å². The number of benzene rings is 2. The van der Waals surface area contributed by atoms with Gasteiger partial charge >= 0.3 is 0 Å². The third-order valence-corrected chi connectivity index (χ3v) is 6.50. The van der Waals surface area contributed by atoms with Crippen LogP contribution in [0.3, 0.4) is 0 Å². The highest BCUT2D eigenvalue weighted by atomic mass is 79.9. The van der Waals surface area contributed by atoms with E-state index in [1.54, 1.807) is 0 Å². The topological polar surface area (TPSA) is 137 Å². The van der Waals surface area contributed by atoms with Crippen molar-refractivity contribution in [2.75, 3.05) is 20.2 Å². The molecule has 3 aromatic rings. The molecular formula is C21H19BrN2O7. The highest BCUT2D eigenvalue weighted by Crippen LogP contribution is 2.44. The average molecular weight is 491 g/mol. The molecule has 1 aliphatic heterocycles. The molecule has 9 nitrogen and oxygen atoms in total. The maximum absolute atomic E-state index is 12.9. The van der Waals surface area contributed by atoms with Gasteiger partial charge in [0.1, 0.15) is 28.2 Å². The fourth-order valence-corrected chi connectivity index (χ4v) is 4.68. The van der Waals surface area contributed by atoms with Crippen LogP contribution in [0.4, 0.5) is 5.69 Å². The third kappa shape index (κ3) is 3.56. The number of hydrogen-bond acceptors (Lipinski definition) is 8. The fraction of sp³-hybridized carbons (Fsp3) is 0.286. The van der Waals surface area contributed by atoms with Gasteiger partial charge in [-0.2, -0.15) is 0 Å². The summed E-state index contributed by atoms with van der Waals surface area (Å²) in [5, 5.41) is 41.9. The Labute approximate surface area is 184 Å². The molecular weight excluding hydrogens is 472 g/mol. The fourth-order valence-electron chi connectivity index (χ4n) is 4.24. The average Bonchev–Trinajstić information content (AvgIpc) is 3.07. The number of fused-ring (bicyclic) bond motifs is 1. The number of likely N-dealkylation sites (N-methyl/N-ethyl adjacent to an activating group) is 1. The largest absolute Gasteiger partial charge is 0.507 e. The van der Waals surface area contributed by atoms with E-state index in [4.69, 9.17) is 4.42 Å². The molecule has 0 bridgehead atoms. The summed E-state index contributed by atoms with van der Waals surface area (Å²) >= 11 is 3.32.